The Morgan fingerprint density at radius 2 is 2.35 bits per heavy atom. The lowest BCUT2D eigenvalue weighted by Gasteiger charge is -2.07. The Hall–Kier alpha value is -2.62. The van der Waals surface area contributed by atoms with Crippen LogP contribution >= 0.6 is 0 Å². The highest BCUT2D eigenvalue weighted by molar-refractivity contribution is 6.45. The standard InChI is InChI=1S/C10H10FN5O/c1-17-9-4-6(11)2-3-7(9)15-16-8(5-12)10(13)14/h2-4,15H,1H3,(H3,13,14)/b16-8+. The summed E-state index contributed by atoms with van der Waals surface area (Å²) in [4.78, 5) is 0. The molecule has 0 aliphatic carbocycles. The Kier molecular flexibility index (Phi) is 4.00. The van der Waals surface area contributed by atoms with Gasteiger partial charge in [0.2, 0.25) is 5.71 Å². The third kappa shape index (κ3) is 3.17. The number of ether oxygens (including phenoxy) is 1. The molecule has 0 amide bonds. The first-order valence-electron chi connectivity index (χ1n) is 4.50. The molecule has 0 heterocycles. The molecule has 17 heavy (non-hydrogen) atoms. The third-order valence-electron chi connectivity index (χ3n) is 1.81. The lowest BCUT2D eigenvalue weighted by Crippen LogP contribution is -2.21. The molecule has 0 radical (unpaired) electrons. The van der Waals surface area contributed by atoms with Gasteiger partial charge in [0.25, 0.3) is 0 Å². The normalized spacial score (nSPS) is 10.5. The van der Waals surface area contributed by atoms with E-state index in [4.69, 9.17) is 21.1 Å². The van der Waals surface area contributed by atoms with Crippen molar-refractivity contribution in [1.29, 1.82) is 10.7 Å². The van der Waals surface area contributed by atoms with Crippen LogP contribution in [-0.4, -0.2) is 18.7 Å². The fraction of sp³-hybridized carbons (Fsp3) is 0.100. The van der Waals surface area contributed by atoms with E-state index in [-0.39, 0.29) is 11.5 Å². The maximum absolute atomic E-state index is 12.9. The van der Waals surface area contributed by atoms with Gasteiger partial charge in [-0.25, -0.2) is 4.39 Å². The molecule has 0 aliphatic heterocycles. The molecule has 6 nitrogen and oxygen atoms in total. The van der Waals surface area contributed by atoms with E-state index < -0.39 is 11.7 Å². The number of amidine groups is 1. The molecular weight excluding hydrogens is 225 g/mol. The molecule has 0 aliphatic rings. The molecule has 0 spiro atoms. The molecular formula is C10H10FN5O. The molecule has 1 aromatic rings. The van der Waals surface area contributed by atoms with E-state index in [2.05, 4.69) is 10.5 Å². The van der Waals surface area contributed by atoms with Crippen molar-refractivity contribution in [2.45, 2.75) is 0 Å². The Labute approximate surface area is 97.0 Å². The average molecular weight is 235 g/mol. The predicted octanol–water partition coefficient (Wildman–Crippen LogP) is 1.06. The third-order valence-corrected chi connectivity index (χ3v) is 1.81. The lowest BCUT2D eigenvalue weighted by atomic mass is 10.3. The van der Waals surface area contributed by atoms with Crippen molar-refractivity contribution in [2.75, 3.05) is 12.5 Å². The van der Waals surface area contributed by atoms with Crippen LogP contribution in [0.2, 0.25) is 0 Å². The number of anilines is 1. The molecule has 0 bridgehead atoms. The average Bonchev–Trinajstić information content (AvgIpc) is 2.31. The van der Waals surface area contributed by atoms with Gasteiger partial charge in [0.1, 0.15) is 17.6 Å². The van der Waals surface area contributed by atoms with Gasteiger partial charge in [-0.1, -0.05) is 0 Å². The quantitative estimate of drug-likeness (QED) is 0.412. The van der Waals surface area contributed by atoms with Crippen molar-refractivity contribution < 1.29 is 9.13 Å². The van der Waals surface area contributed by atoms with E-state index in [1.165, 1.54) is 19.2 Å². The zero-order valence-electron chi connectivity index (χ0n) is 8.99. The van der Waals surface area contributed by atoms with E-state index in [1.54, 1.807) is 6.07 Å². The number of halogens is 1. The number of nitriles is 1. The number of benzene rings is 1. The molecule has 0 fully saturated rings. The van der Waals surface area contributed by atoms with Gasteiger partial charge in [0, 0.05) is 6.07 Å². The topological polar surface area (TPSA) is 107 Å². The number of hydrazone groups is 1. The minimum absolute atomic E-state index is 0.231. The molecule has 7 heteroatoms. The van der Waals surface area contributed by atoms with Gasteiger partial charge in [-0.15, -0.1) is 0 Å². The Bertz CT molecular complexity index is 506. The Morgan fingerprint density at radius 3 is 2.88 bits per heavy atom. The summed E-state index contributed by atoms with van der Waals surface area (Å²) in [7, 11) is 1.37. The Morgan fingerprint density at radius 1 is 1.65 bits per heavy atom. The summed E-state index contributed by atoms with van der Waals surface area (Å²) in [5.41, 5.74) is 7.68. The van der Waals surface area contributed by atoms with Crippen LogP contribution < -0.4 is 15.9 Å². The zero-order valence-corrected chi connectivity index (χ0v) is 8.99. The molecule has 0 unspecified atom stereocenters. The largest absolute Gasteiger partial charge is 0.494 e. The summed E-state index contributed by atoms with van der Waals surface area (Å²) < 4.78 is 17.8. The lowest BCUT2D eigenvalue weighted by molar-refractivity contribution is 0.413. The number of nitrogens with one attached hydrogen (secondary N) is 2. The van der Waals surface area contributed by atoms with Crippen LogP contribution in [0.25, 0.3) is 0 Å². The maximum Gasteiger partial charge on any atom is 0.201 e. The molecule has 0 saturated carbocycles. The highest BCUT2D eigenvalue weighted by atomic mass is 19.1. The van der Waals surface area contributed by atoms with Crippen LogP contribution in [0.15, 0.2) is 23.3 Å². The summed E-state index contributed by atoms with van der Waals surface area (Å²) in [5, 5.41) is 19.3. The minimum atomic E-state index is -0.457. The van der Waals surface area contributed by atoms with Gasteiger partial charge >= 0.3 is 0 Å². The first kappa shape index (κ1) is 12.4. The van der Waals surface area contributed by atoms with Crippen molar-refractivity contribution in [3.63, 3.8) is 0 Å². The second kappa shape index (κ2) is 5.46. The number of nitrogens with zero attached hydrogens (tertiary/aromatic N) is 2. The van der Waals surface area contributed by atoms with Gasteiger partial charge in [0.05, 0.1) is 12.8 Å². The van der Waals surface area contributed by atoms with Gasteiger partial charge in [0.15, 0.2) is 5.84 Å². The molecule has 1 rings (SSSR count). The highest BCUT2D eigenvalue weighted by Crippen LogP contribution is 2.24. The minimum Gasteiger partial charge on any atom is -0.494 e. The predicted molar refractivity (Wildman–Crippen MR) is 61.5 cm³/mol. The second-order valence-corrected chi connectivity index (χ2v) is 2.94. The SMILES string of the molecule is COc1cc(F)ccc1N/N=C(\C#N)C(=N)N. The van der Waals surface area contributed by atoms with Crippen molar-refractivity contribution in [1.82, 2.24) is 0 Å². The van der Waals surface area contributed by atoms with E-state index in [9.17, 15) is 4.39 Å². The fourth-order valence-corrected chi connectivity index (χ4v) is 1.02. The van der Waals surface area contributed by atoms with Crippen molar-refractivity contribution in [3.8, 4) is 11.8 Å². The first-order valence-corrected chi connectivity index (χ1v) is 4.50. The van der Waals surface area contributed by atoms with Crippen LogP contribution in [-0.2, 0) is 0 Å². The van der Waals surface area contributed by atoms with E-state index in [0.29, 0.717) is 5.69 Å². The smallest absolute Gasteiger partial charge is 0.201 e. The Balaban J connectivity index is 2.97. The van der Waals surface area contributed by atoms with Crippen LogP contribution in [0, 0.1) is 22.6 Å². The van der Waals surface area contributed by atoms with Crippen molar-refractivity contribution in [3.05, 3.63) is 24.0 Å². The van der Waals surface area contributed by atoms with Gasteiger partial charge < -0.3 is 10.5 Å². The monoisotopic (exact) mass is 235 g/mol. The van der Waals surface area contributed by atoms with Crippen LogP contribution in [0.1, 0.15) is 0 Å². The summed E-state index contributed by atoms with van der Waals surface area (Å²) in [6.07, 6.45) is 0. The van der Waals surface area contributed by atoms with Gasteiger partial charge in [-0.3, -0.25) is 10.8 Å². The number of hydrogen-bond donors (Lipinski definition) is 3. The number of rotatable bonds is 4. The van der Waals surface area contributed by atoms with Crippen LogP contribution in [0.5, 0.6) is 5.75 Å². The van der Waals surface area contributed by atoms with Gasteiger partial charge in [-0.05, 0) is 12.1 Å². The van der Waals surface area contributed by atoms with Gasteiger partial charge in [-0.2, -0.15) is 10.4 Å². The summed E-state index contributed by atoms with van der Waals surface area (Å²) >= 11 is 0. The molecule has 0 atom stereocenters. The highest BCUT2D eigenvalue weighted by Gasteiger charge is 2.05. The molecule has 0 aromatic heterocycles. The van der Waals surface area contributed by atoms with E-state index in [0.717, 1.165) is 6.07 Å². The summed E-state index contributed by atoms with van der Waals surface area (Å²) in [5.74, 6) is -0.681. The van der Waals surface area contributed by atoms with E-state index in [1.807, 2.05) is 0 Å². The van der Waals surface area contributed by atoms with Crippen molar-refractivity contribution >= 4 is 17.2 Å². The number of hydrogen-bond acceptors (Lipinski definition) is 5. The van der Waals surface area contributed by atoms with E-state index >= 15 is 0 Å². The fourth-order valence-electron chi connectivity index (χ4n) is 1.02. The second-order valence-electron chi connectivity index (χ2n) is 2.94. The summed E-state index contributed by atoms with van der Waals surface area (Å²) in [6.45, 7) is 0. The maximum atomic E-state index is 12.9. The number of nitrogens with two attached hydrogens (primary N) is 1. The molecule has 4 N–H and O–H groups in total. The summed E-state index contributed by atoms with van der Waals surface area (Å²) in [6, 6.07) is 5.41. The molecule has 1 aromatic carbocycles. The van der Waals surface area contributed by atoms with Crippen molar-refractivity contribution in [2.24, 2.45) is 10.8 Å². The van der Waals surface area contributed by atoms with Crippen LogP contribution in [0.4, 0.5) is 10.1 Å². The number of methoxy groups -OCH3 is 1. The first-order chi connectivity index (χ1) is 8.08. The molecule has 0 saturated heterocycles. The van der Waals surface area contributed by atoms with Crippen LogP contribution in [0.3, 0.4) is 0 Å². The zero-order chi connectivity index (χ0) is 12.8. The molecule has 88 valence electrons.